The minimum Gasteiger partial charge on any atom is -0.481 e. The summed E-state index contributed by atoms with van der Waals surface area (Å²) in [5, 5.41) is 10.0. The molecule has 2 aromatic heterocycles. The number of fused-ring (bicyclic) bond motifs is 1. The molecule has 4 rings (SSSR count). The van der Waals surface area contributed by atoms with E-state index in [-0.39, 0.29) is 6.10 Å². The predicted molar refractivity (Wildman–Crippen MR) is 135 cm³/mol. The number of carbonyl (C=O) groups is 1. The van der Waals surface area contributed by atoms with Gasteiger partial charge in [0.25, 0.3) is 0 Å². The predicted octanol–water partition coefficient (Wildman–Crippen LogP) is 6.17. The van der Waals surface area contributed by atoms with Crippen LogP contribution in [0.5, 0.6) is 5.88 Å². The number of imidazole rings is 1. The largest absolute Gasteiger partial charge is 0.481 e. The first-order valence-electron chi connectivity index (χ1n) is 11.1. The van der Waals surface area contributed by atoms with Crippen molar-refractivity contribution in [3.05, 3.63) is 65.1 Å². The number of nitrogens with zero attached hydrogens (tertiary/aromatic N) is 3. The Morgan fingerprint density at radius 2 is 2.06 bits per heavy atom. The molecule has 0 saturated heterocycles. The molecule has 0 radical (unpaired) electrons. The number of aliphatic carboxylic acids is 1. The average molecular weight is 479 g/mol. The van der Waals surface area contributed by atoms with Crippen LogP contribution in [-0.2, 0) is 4.79 Å². The quantitative estimate of drug-likeness (QED) is 0.312. The maximum Gasteiger partial charge on any atom is 0.309 e. The lowest BCUT2D eigenvalue weighted by molar-refractivity contribution is -0.150. The normalized spacial score (nSPS) is 21.4. The lowest BCUT2D eigenvalue weighted by Crippen LogP contribution is -2.36. The number of hydrogen-bond acceptors (Lipinski definition) is 5. The summed E-state index contributed by atoms with van der Waals surface area (Å²) in [6.07, 6.45) is 8.07. The zero-order valence-electron chi connectivity index (χ0n) is 19.2. The molecule has 0 bridgehead atoms. The molecule has 8 heteroatoms. The average Bonchev–Trinajstić information content (AvgIpc) is 3.25. The van der Waals surface area contributed by atoms with Crippen LogP contribution in [0.3, 0.4) is 0 Å². The number of rotatable bonds is 7. The first-order chi connectivity index (χ1) is 16.3. The number of benzene rings is 1. The molecule has 0 amide bonds. The van der Waals surface area contributed by atoms with Gasteiger partial charge in [0.1, 0.15) is 11.9 Å². The lowest BCUT2D eigenvalue weighted by Gasteiger charge is -2.33. The van der Waals surface area contributed by atoms with E-state index in [0.717, 1.165) is 28.0 Å². The molecular weight excluding hydrogens is 452 g/mol. The second kappa shape index (κ2) is 9.81. The number of allylic oxidation sites excluding steroid dienone is 3. The Hall–Kier alpha value is -3.45. The van der Waals surface area contributed by atoms with E-state index in [4.69, 9.17) is 16.3 Å². The van der Waals surface area contributed by atoms with E-state index in [0.29, 0.717) is 42.3 Å². The number of nitrogens with one attached hydrogen (secondary N) is 1. The summed E-state index contributed by atoms with van der Waals surface area (Å²) in [5.41, 5.74) is 3.49. The van der Waals surface area contributed by atoms with E-state index in [2.05, 4.69) is 26.7 Å². The van der Waals surface area contributed by atoms with Crippen molar-refractivity contribution < 1.29 is 14.6 Å². The number of ether oxygens (including phenoxy) is 1. The SMILES string of the molecule is C=NC(=CC=C(C)c1nc2ccc(Cl)cc2[nH]1)c1ccc(OC2CCC(C)(C(=O)O)CC2)nc1. The first kappa shape index (κ1) is 23.7. The van der Waals surface area contributed by atoms with Crippen molar-refractivity contribution in [2.75, 3.05) is 0 Å². The highest BCUT2D eigenvalue weighted by molar-refractivity contribution is 6.31. The van der Waals surface area contributed by atoms with E-state index in [1.807, 2.05) is 43.3 Å². The Morgan fingerprint density at radius 1 is 1.29 bits per heavy atom. The zero-order chi connectivity index (χ0) is 24.3. The summed E-state index contributed by atoms with van der Waals surface area (Å²) in [5.74, 6) is 0.535. The Kier molecular flexibility index (Phi) is 6.84. The van der Waals surface area contributed by atoms with Crippen LogP contribution >= 0.6 is 11.6 Å². The van der Waals surface area contributed by atoms with Crippen molar-refractivity contribution in [2.45, 2.75) is 45.6 Å². The van der Waals surface area contributed by atoms with Crippen molar-refractivity contribution in [2.24, 2.45) is 10.4 Å². The number of aliphatic imine (C=N–C) groups is 1. The number of carboxylic acid groups (broad SMARTS) is 1. The number of hydrogen-bond donors (Lipinski definition) is 2. The summed E-state index contributed by atoms with van der Waals surface area (Å²) >= 11 is 6.06. The van der Waals surface area contributed by atoms with Gasteiger partial charge in [0.15, 0.2) is 0 Å². The summed E-state index contributed by atoms with van der Waals surface area (Å²) < 4.78 is 5.99. The fraction of sp³-hybridized carbons (Fsp3) is 0.308. The molecule has 34 heavy (non-hydrogen) atoms. The van der Waals surface area contributed by atoms with Gasteiger partial charge in [-0.1, -0.05) is 17.7 Å². The molecule has 3 aromatic rings. The maximum absolute atomic E-state index is 11.4. The van der Waals surface area contributed by atoms with Gasteiger partial charge in [0, 0.05) is 22.8 Å². The molecule has 2 heterocycles. The summed E-state index contributed by atoms with van der Waals surface area (Å²) in [7, 11) is 0. The van der Waals surface area contributed by atoms with Crippen molar-refractivity contribution in [1.82, 2.24) is 15.0 Å². The monoisotopic (exact) mass is 478 g/mol. The van der Waals surface area contributed by atoms with Crippen molar-refractivity contribution in [3.63, 3.8) is 0 Å². The van der Waals surface area contributed by atoms with Gasteiger partial charge in [-0.2, -0.15) is 0 Å². The second-order valence-corrected chi connectivity index (χ2v) is 9.31. The smallest absolute Gasteiger partial charge is 0.309 e. The molecule has 2 N–H and O–H groups in total. The van der Waals surface area contributed by atoms with Gasteiger partial charge in [-0.3, -0.25) is 9.79 Å². The van der Waals surface area contributed by atoms with Crippen LogP contribution in [0.15, 0.2) is 53.7 Å². The van der Waals surface area contributed by atoms with Gasteiger partial charge in [-0.15, -0.1) is 0 Å². The van der Waals surface area contributed by atoms with Gasteiger partial charge in [-0.25, -0.2) is 9.97 Å². The van der Waals surface area contributed by atoms with Gasteiger partial charge in [-0.05, 0) is 82.2 Å². The highest BCUT2D eigenvalue weighted by Crippen LogP contribution is 2.37. The molecule has 0 aliphatic heterocycles. The summed E-state index contributed by atoms with van der Waals surface area (Å²) in [6.45, 7) is 7.45. The standard InChI is InChI=1S/C26H27ClN4O3/c1-16(24-30-21-8-6-18(27)14-22(21)31-24)4-7-20(28-3)17-5-9-23(29-15-17)34-19-10-12-26(2,13-11-19)25(32)33/h4-9,14-15,19H,3,10-13H2,1-2H3,(H,30,31)(H,32,33). The minimum atomic E-state index is -0.737. The van der Waals surface area contributed by atoms with Crippen LogP contribution in [0.4, 0.5) is 0 Å². The minimum absolute atomic E-state index is 0.0254. The van der Waals surface area contributed by atoms with Crippen LogP contribution < -0.4 is 4.74 Å². The number of carboxylic acids is 1. The third-order valence-electron chi connectivity index (χ3n) is 6.35. The van der Waals surface area contributed by atoms with Gasteiger partial charge >= 0.3 is 5.97 Å². The van der Waals surface area contributed by atoms with Crippen LogP contribution in [0.2, 0.25) is 5.02 Å². The lowest BCUT2D eigenvalue weighted by atomic mass is 9.75. The molecule has 0 spiro atoms. The topological polar surface area (TPSA) is 100 Å². The fourth-order valence-electron chi connectivity index (χ4n) is 4.02. The first-order valence-corrected chi connectivity index (χ1v) is 11.5. The maximum atomic E-state index is 11.4. The van der Waals surface area contributed by atoms with Crippen molar-refractivity contribution >= 4 is 46.6 Å². The van der Waals surface area contributed by atoms with E-state index >= 15 is 0 Å². The van der Waals surface area contributed by atoms with Crippen molar-refractivity contribution in [1.29, 1.82) is 0 Å². The molecule has 1 aliphatic rings. The van der Waals surface area contributed by atoms with Gasteiger partial charge < -0.3 is 14.8 Å². The third kappa shape index (κ3) is 5.20. The molecule has 1 aromatic carbocycles. The summed E-state index contributed by atoms with van der Waals surface area (Å²) in [6, 6.07) is 9.23. The Labute approximate surface area is 203 Å². The molecule has 176 valence electrons. The van der Waals surface area contributed by atoms with Crippen molar-refractivity contribution in [3.8, 4) is 5.88 Å². The zero-order valence-corrected chi connectivity index (χ0v) is 20.0. The van der Waals surface area contributed by atoms with Crippen LogP contribution in [0, 0.1) is 5.41 Å². The highest BCUT2D eigenvalue weighted by Gasteiger charge is 2.38. The number of pyridine rings is 1. The molecule has 1 saturated carbocycles. The van der Waals surface area contributed by atoms with Gasteiger partial charge in [0.05, 0.1) is 22.1 Å². The molecule has 7 nitrogen and oxygen atoms in total. The molecule has 1 aliphatic carbocycles. The molecule has 0 unspecified atom stereocenters. The number of halogens is 1. The number of aromatic amines is 1. The van der Waals surface area contributed by atoms with E-state index < -0.39 is 11.4 Å². The van der Waals surface area contributed by atoms with E-state index in [9.17, 15) is 9.90 Å². The van der Waals surface area contributed by atoms with Crippen LogP contribution in [-0.4, -0.2) is 38.8 Å². The summed E-state index contributed by atoms with van der Waals surface area (Å²) in [4.78, 5) is 27.8. The van der Waals surface area contributed by atoms with E-state index in [1.165, 1.54) is 0 Å². The van der Waals surface area contributed by atoms with E-state index in [1.54, 1.807) is 19.2 Å². The van der Waals surface area contributed by atoms with Crippen LogP contribution in [0.25, 0.3) is 22.3 Å². The third-order valence-corrected chi connectivity index (χ3v) is 6.59. The molecule has 0 atom stereocenters. The van der Waals surface area contributed by atoms with Crippen LogP contribution in [0.1, 0.15) is 50.9 Å². The fourth-order valence-corrected chi connectivity index (χ4v) is 4.20. The second-order valence-electron chi connectivity index (χ2n) is 8.87. The number of H-pyrrole nitrogens is 1. The molecular formula is C26H27ClN4O3. The Balaban J connectivity index is 1.43. The highest BCUT2D eigenvalue weighted by atomic mass is 35.5. The Morgan fingerprint density at radius 3 is 2.71 bits per heavy atom. The number of aromatic nitrogens is 3. The molecule has 1 fully saturated rings. The Bertz CT molecular complexity index is 1270. The van der Waals surface area contributed by atoms with Gasteiger partial charge in [0.2, 0.25) is 5.88 Å².